The number of anilines is 1. The average Bonchev–Trinajstić information content (AvgIpc) is 3.90. The number of hydrogen-bond donors (Lipinski definition) is 2. The summed E-state index contributed by atoms with van der Waals surface area (Å²) in [5.41, 5.74) is -0.689. The number of hydrogen-bond acceptors (Lipinski definition) is 10. The summed E-state index contributed by atoms with van der Waals surface area (Å²) in [6.45, 7) is 5.60. The molecule has 3 fully saturated rings. The van der Waals surface area contributed by atoms with Gasteiger partial charge in [0.25, 0.3) is 11.5 Å². The fourth-order valence-electron chi connectivity index (χ4n) is 9.09. The van der Waals surface area contributed by atoms with Gasteiger partial charge in [0.1, 0.15) is 24.5 Å². The number of amides is 2. The van der Waals surface area contributed by atoms with E-state index < -0.39 is 52.6 Å². The number of rotatable bonds is 8. The van der Waals surface area contributed by atoms with Crippen LogP contribution >= 0.6 is 0 Å². The molecule has 14 nitrogen and oxygen atoms in total. The van der Waals surface area contributed by atoms with Crippen molar-refractivity contribution in [2.75, 3.05) is 44.7 Å². The third-order valence-corrected chi connectivity index (χ3v) is 12.3. The SMILES string of the molecule is Cc1ncnc(C(=O)N2CCC3(CC2)CC(C)c2c3c(=O)n3nc(-c4ccc(CN5CCOCC5)c(F)c4F)nc3n2CC(=O)Nc2cc(F)c(C3CC3)cc2F)c1O. The van der Waals surface area contributed by atoms with E-state index in [0.29, 0.717) is 56.8 Å². The van der Waals surface area contributed by atoms with Crippen molar-refractivity contribution in [2.24, 2.45) is 0 Å². The first-order valence-electron chi connectivity index (χ1n) is 19.7. The summed E-state index contributed by atoms with van der Waals surface area (Å²) in [6.07, 6.45) is 3.84. The van der Waals surface area contributed by atoms with E-state index >= 15 is 13.2 Å². The van der Waals surface area contributed by atoms with Crippen molar-refractivity contribution in [1.82, 2.24) is 38.9 Å². The number of aromatic nitrogens is 6. The molecule has 1 saturated carbocycles. The van der Waals surface area contributed by atoms with Crippen molar-refractivity contribution in [2.45, 2.75) is 76.3 Å². The van der Waals surface area contributed by atoms with Crippen LogP contribution in [0.15, 0.2) is 35.4 Å². The molecule has 3 aromatic heterocycles. The molecule has 4 aliphatic rings. The minimum absolute atomic E-state index is 0.0600. The van der Waals surface area contributed by atoms with Gasteiger partial charge in [-0.15, -0.1) is 5.10 Å². The molecule has 0 radical (unpaired) electrons. The lowest BCUT2D eigenvalue weighted by Gasteiger charge is -2.39. The van der Waals surface area contributed by atoms with Gasteiger partial charge in [-0.05, 0) is 68.6 Å². The highest BCUT2D eigenvalue weighted by Crippen LogP contribution is 2.51. The number of carbonyl (C=O) groups excluding carboxylic acids is 2. The van der Waals surface area contributed by atoms with Gasteiger partial charge in [0, 0.05) is 61.0 Å². The summed E-state index contributed by atoms with van der Waals surface area (Å²) in [5.74, 6) is -6.07. The number of nitrogens with one attached hydrogen (secondary N) is 1. The van der Waals surface area contributed by atoms with Crippen molar-refractivity contribution >= 4 is 23.3 Å². The molecule has 308 valence electrons. The quantitative estimate of drug-likeness (QED) is 0.205. The van der Waals surface area contributed by atoms with E-state index in [1.54, 1.807) is 11.8 Å². The predicted molar refractivity (Wildman–Crippen MR) is 204 cm³/mol. The monoisotopic (exact) mass is 815 g/mol. The van der Waals surface area contributed by atoms with E-state index in [1.807, 2.05) is 11.8 Å². The number of carbonyl (C=O) groups is 2. The summed E-state index contributed by atoms with van der Waals surface area (Å²) in [7, 11) is 0. The first kappa shape index (κ1) is 38.8. The van der Waals surface area contributed by atoms with Crippen LogP contribution in [0.5, 0.6) is 5.75 Å². The molecular formula is C41H41F4N9O5. The van der Waals surface area contributed by atoms with E-state index in [9.17, 15) is 23.9 Å². The molecule has 2 N–H and O–H groups in total. The number of halogens is 4. The zero-order chi connectivity index (χ0) is 41.3. The summed E-state index contributed by atoms with van der Waals surface area (Å²) in [4.78, 5) is 57.9. The Morgan fingerprint density at radius 2 is 1.75 bits per heavy atom. The smallest absolute Gasteiger partial charge is 0.279 e. The molecule has 18 heteroatoms. The van der Waals surface area contributed by atoms with Crippen LogP contribution in [0, 0.1) is 30.2 Å². The van der Waals surface area contributed by atoms with Gasteiger partial charge in [-0.2, -0.15) is 9.50 Å². The van der Waals surface area contributed by atoms with Gasteiger partial charge in [0.05, 0.1) is 30.2 Å². The lowest BCUT2D eigenvalue weighted by atomic mass is 9.73. The topological polar surface area (TPSA) is 160 Å². The molecule has 5 aromatic rings. The minimum atomic E-state index is -1.20. The molecule has 2 saturated heterocycles. The fourth-order valence-corrected chi connectivity index (χ4v) is 9.09. The van der Waals surface area contributed by atoms with Gasteiger partial charge < -0.3 is 24.6 Å². The highest BCUT2D eigenvalue weighted by atomic mass is 19.2. The van der Waals surface area contributed by atoms with Crippen molar-refractivity contribution in [3.05, 3.63) is 98.0 Å². The van der Waals surface area contributed by atoms with E-state index in [2.05, 4.69) is 25.4 Å². The largest absolute Gasteiger partial charge is 0.504 e. The van der Waals surface area contributed by atoms with Crippen molar-refractivity contribution in [3.63, 3.8) is 0 Å². The summed E-state index contributed by atoms with van der Waals surface area (Å²) in [5, 5.41) is 17.4. The third kappa shape index (κ3) is 6.80. The lowest BCUT2D eigenvalue weighted by molar-refractivity contribution is -0.116. The number of aromatic hydroxyl groups is 1. The molecule has 1 atom stereocenters. The van der Waals surface area contributed by atoms with Crippen LogP contribution < -0.4 is 10.9 Å². The summed E-state index contributed by atoms with van der Waals surface area (Å²) in [6, 6.07) is 4.86. The maximum absolute atomic E-state index is 15.9. The van der Waals surface area contributed by atoms with E-state index in [-0.39, 0.29) is 82.6 Å². The maximum Gasteiger partial charge on any atom is 0.279 e. The molecule has 2 aliphatic carbocycles. The molecule has 2 aliphatic heterocycles. The summed E-state index contributed by atoms with van der Waals surface area (Å²) < 4.78 is 69.6. The summed E-state index contributed by atoms with van der Waals surface area (Å²) >= 11 is 0. The highest BCUT2D eigenvalue weighted by Gasteiger charge is 2.49. The third-order valence-electron chi connectivity index (χ3n) is 12.3. The van der Waals surface area contributed by atoms with Crippen LogP contribution in [-0.4, -0.2) is 95.2 Å². The van der Waals surface area contributed by atoms with Gasteiger partial charge in [0.2, 0.25) is 11.7 Å². The Labute approximate surface area is 334 Å². The molecule has 9 rings (SSSR count). The Hall–Kier alpha value is -5.75. The predicted octanol–water partition coefficient (Wildman–Crippen LogP) is 4.95. The van der Waals surface area contributed by atoms with Crippen molar-refractivity contribution in [3.8, 4) is 17.1 Å². The number of benzene rings is 2. The van der Waals surface area contributed by atoms with Gasteiger partial charge >= 0.3 is 0 Å². The van der Waals surface area contributed by atoms with Crippen molar-refractivity contribution < 1.29 is 37.0 Å². The van der Waals surface area contributed by atoms with Crippen molar-refractivity contribution in [1.29, 1.82) is 0 Å². The molecule has 1 spiro atoms. The van der Waals surface area contributed by atoms with Gasteiger partial charge in [-0.25, -0.2) is 27.5 Å². The van der Waals surface area contributed by atoms with E-state index in [4.69, 9.17) is 4.74 Å². The van der Waals surface area contributed by atoms with Crippen LogP contribution in [0.1, 0.15) is 89.4 Å². The Kier molecular flexibility index (Phi) is 9.73. The zero-order valence-electron chi connectivity index (χ0n) is 32.4. The normalized spacial score (nSPS) is 19.1. The molecule has 0 bridgehead atoms. The molecule has 59 heavy (non-hydrogen) atoms. The van der Waals surface area contributed by atoms with E-state index in [1.165, 1.54) is 23.0 Å². The van der Waals surface area contributed by atoms with E-state index in [0.717, 1.165) is 29.5 Å². The van der Waals surface area contributed by atoms with Crippen LogP contribution in [-0.2, 0) is 28.0 Å². The van der Waals surface area contributed by atoms with Gasteiger partial charge in [-0.3, -0.25) is 19.3 Å². The number of aryl methyl sites for hydroxylation is 1. The fraction of sp³-hybridized carbons (Fsp3) is 0.439. The first-order chi connectivity index (χ1) is 28.3. The lowest BCUT2D eigenvalue weighted by Crippen LogP contribution is -2.46. The minimum Gasteiger partial charge on any atom is -0.504 e. The zero-order valence-corrected chi connectivity index (χ0v) is 32.4. The van der Waals surface area contributed by atoms with Crippen LogP contribution in [0.3, 0.4) is 0 Å². The Morgan fingerprint density at radius 3 is 2.47 bits per heavy atom. The second kappa shape index (κ2) is 14.8. The number of ether oxygens (including phenoxy) is 1. The Morgan fingerprint density at radius 1 is 1.00 bits per heavy atom. The maximum atomic E-state index is 15.9. The van der Waals surface area contributed by atoms with Crippen LogP contribution in [0.4, 0.5) is 23.2 Å². The number of likely N-dealkylation sites (tertiary alicyclic amines) is 1. The molecule has 1 unspecified atom stereocenters. The molecule has 2 aromatic carbocycles. The van der Waals surface area contributed by atoms with Gasteiger partial charge in [0.15, 0.2) is 28.9 Å². The Balaban J connectivity index is 1.10. The second-order valence-corrected chi connectivity index (χ2v) is 16.1. The molecule has 5 heterocycles. The number of nitrogens with zero attached hydrogens (tertiary/aromatic N) is 8. The first-order valence-corrected chi connectivity index (χ1v) is 19.7. The average molecular weight is 816 g/mol. The second-order valence-electron chi connectivity index (χ2n) is 16.1. The van der Waals surface area contributed by atoms with Gasteiger partial charge in [-0.1, -0.05) is 13.0 Å². The van der Waals surface area contributed by atoms with Crippen LogP contribution in [0.25, 0.3) is 17.2 Å². The number of piperidine rings is 1. The number of morpholine rings is 1. The number of fused-ring (bicyclic) bond motifs is 3. The highest BCUT2D eigenvalue weighted by molar-refractivity contribution is 5.95. The standard InChI is InChI=1S/C41H41F4N9O5/c1-21-17-41(7-9-52(10-8-41)39(58)34-36(56)22(2)46-20-47-34)31-35(21)53(19-30(55)48-29-16-27(42)26(15-28(29)43)23-3-4-23)40-49-37(50-54(40)38(31)57)25-6-5-24(32(44)33(25)45)18-51-11-13-59-14-12-51/h5-6,15-16,20-21,23,56H,3-4,7-14,17-19H2,1-2H3,(H,48,55). The van der Waals surface area contributed by atoms with Crippen LogP contribution in [0.2, 0.25) is 0 Å². The molecular weight excluding hydrogens is 775 g/mol. The Bertz CT molecular complexity index is 2600. The molecule has 2 amide bonds.